The Kier molecular flexibility index (Phi) is 42.7. The highest BCUT2D eigenvalue weighted by molar-refractivity contribution is 5.75. The van der Waals surface area contributed by atoms with E-state index in [-0.39, 0.29) is 0 Å². The summed E-state index contributed by atoms with van der Waals surface area (Å²) >= 11 is 0. The highest BCUT2D eigenvalue weighted by Gasteiger charge is 2.64. The number of rotatable bonds is 38. The fourth-order valence-electron chi connectivity index (χ4n) is 18.5. The number of hydrogen-bond acceptors (Lipinski definition) is 56. The van der Waals surface area contributed by atoms with Crippen LogP contribution in [0.3, 0.4) is 0 Å². The first-order valence-electron chi connectivity index (χ1n) is 45.6. The predicted molar refractivity (Wildman–Crippen MR) is 444 cm³/mol. The van der Waals surface area contributed by atoms with Gasteiger partial charge in [-0.3, -0.25) is 33.6 Å². The minimum atomic E-state index is -2.91. The van der Waals surface area contributed by atoms with Gasteiger partial charge >= 0.3 is 0 Å². The third-order valence-electron chi connectivity index (χ3n) is 25.8. The van der Waals surface area contributed by atoms with Crippen molar-refractivity contribution in [1.29, 1.82) is 0 Å². The van der Waals surface area contributed by atoms with Crippen molar-refractivity contribution in [3.63, 3.8) is 0 Å². The van der Waals surface area contributed by atoms with Gasteiger partial charge in [0, 0.05) is 48.5 Å². The quantitative estimate of drug-likeness (QED) is 0.0273. The van der Waals surface area contributed by atoms with Gasteiger partial charge in [0.2, 0.25) is 41.4 Å². The van der Waals surface area contributed by atoms with Gasteiger partial charge in [-0.1, -0.05) is 0 Å². The van der Waals surface area contributed by atoms with Gasteiger partial charge in [-0.2, -0.15) is 0 Å². The molecule has 143 heavy (non-hydrogen) atoms. The van der Waals surface area contributed by atoms with Crippen LogP contribution in [-0.4, -0.2) is 594 Å². The van der Waals surface area contributed by atoms with Crippen LogP contribution >= 0.6 is 0 Å². The number of hydrogen-bond donors (Lipinski definition) is 35. The summed E-state index contributed by atoms with van der Waals surface area (Å²) in [7, 11) is 0. The zero-order chi connectivity index (χ0) is 105. The van der Waals surface area contributed by atoms with Crippen LogP contribution in [0.25, 0.3) is 0 Å². The lowest BCUT2D eigenvalue weighted by Crippen LogP contribution is -2.72. The molecular formula is C80H133N7O56. The summed E-state index contributed by atoms with van der Waals surface area (Å²) in [5, 5.41) is 337. The molecule has 11 fully saturated rings. The van der Waals surface area contributed by atoms with Crippen LogP contribution in [0.5, 0.6) is 0 Å². The van der Waals surface area contributed by atoms with E-state index in [9.17, 15) is 177 Å². The first-order chi connectivity index (χ1) is 67.6. The van der Waals surface area contributed by atoms with Crippen molar-refractivity contribution in [2.75, 3.05) is 72.7 Å². The highest BCUT2D eigenvalue weighted by atomic mass is 16.8. The summed E-state index contributed by atoms with van der Waals surface area (Å²) in [6, 6.07) is -13.9. The molecule has 11 rings (SSSR count). The van der Waals surface area contributed by atoms with Gasteiger partial charge in [-0.05, 0) is 0 Å². The number of aliphatic hydroxyl groups excluding tert-OH is 28. The largest absolute Gasteiger partial charge is 0.394 e. The summed E-state index contributed by atoms with van der Waals surface area (Å²) in [5.74, 6) is -6.88. The second-order valence-electron chi connectivity index (χ2n) is 36.0. The Bertz CT molecular complexity index is 4050. The van der Waals surface area contributed by atoms with Gasteiger partial charge in [0.05, 0.1) is 72.7 Å². The molecule has 63 heteroatoms. The molecule has 0 radical (unpaired) electrons. The number of aliphatic hydroxyl groups is 28. The highest BCUT2D eigenvalue weighted by Crippen LogP contribution is 2.43. The lowest BCUT2D eigenvalue weighted by molar-refractivity contribution is -0.412. The fraction of sp³-hybridized carbons (Fsp3) is 0.912. The van der Waals surface area contributed by atoms with E-state index in [1.807, 2.05) is 0 Å². The molecule has 11 aliphatic rings. The topological polar surface area (TPSA) is 964 Å². The molecule has 0 spiro atoms. The number of ether oxygens (including phenoxy) is 21. The van der Waals surface area contributed by atoms with Crippen molar-refractivity contribution in [3.05, 3.63) is 0 Å². The van der Waals surface area contributed by atoms with Gasteiger partial charge in [-0.25, -0.2) is 0 Å². The first-order valence-corrected chi connectivity index (χ1v) is 45.6. The Morgan fingerprint density at radius 2 is 0.406 bits per heavy atom. The van der Waals surface area contributed by atoms with Crippen LogP contribution in [0, 0.1) is 0 Å². The van der Waals surface area contributed by atoms with Crippen LogP contribution in [0.2, 0.25) is 0 Å². The van der Waals surface area contributed by atoms with E-state index in [0.717, 1.165) is 48.5 Å². The number of carbonyl (C=O) groups excluding carboxylic acids is 7. The molecule has 11 heterocycles. The molecule has 0 aromatic carbocycles. The maximum Gasteiger partial charge on any atom is 0.217 e. The van der Waals surface area contributed by atoms with Gasteiger partial charge in [0.25, 0.3) is 0 Å². The van der Waals surface area contributed by atoms with Crippen LogP contribution in [0.15, 0.2) is 0 Å². The van der Waals surface area contributed by atoms with Crippen molar-refractivity contribution < 1.29 is 276 Å². The van der Waals surface area contributed by atoms with E-state index < -0.39 is 451 Å². The van der Waals surface area contributed by atoms with E-state index in [0.29, 0.717) is 0 Å². The molecule has 0 unspecified atom stereocenters. The zero-order valence-electron chi connectivity index (χ0n) is 77.5. The van der Waals surface area contributed by atoms with Gasteiger partial charge in [0.15, 0.2) is 69.2 Å². The average Bonchev–Trinajstić information content (AvgIpc) is 0.749. The molecule has 824 valence electrons. The van der Waals surface area contributed by atoms with Crippen LogP contribution < -0.4 is 37.2 Å². The van der Waals surface area contributed by atoms with Gasteiger partial charge in [-0.15, -0.1) is 0 Å². The molecule has 0 aromatic rings. The minimum absolute atomic E-state index is 0.855. The summed E-state index contributed by atoms with van der Waals surface area (Å²) in [5.41, 5.74) is 0. The molecule has 0 saturated carbocycles. The Morgan fingerprint density at radius 1 is 0.182 bits per heavy atom. The van der Waals surface area contributed by atoms with Crippen molar-refractivity contribution in [3.8, 4) is 0 Å². The maximum absolute atomic E-state index is 13.7. The van der Waals surface area contributed by atoms with Crippen LogP contribution in [0.4, 0.5) is 0 Å². The SMILES string of the molecule is CC(=O)N[C@@H]1[C@@H](O)[C@H](O[C@@H]2O[C@H](CO)[C@@H](O[C@@H]3O[C@H](CO[C@H]4O[C@H](CO[C@@H]5O[C@H](CO)[C@@H](O)[C@H](O)[C@H]5NC(C)=O)[C@@H](O)[C@H](O)[C@@H]4O[C@@H]4O[C@H](CO)[C@@H](O[C@@H]5O[C@H](CO)[C@H](O)[C@H](O)[C@H]5O)[C@H](O)[C@H]4NC(C)=O)[C@@H](O[C@@H]4O[C@H](CO)[C@@H](O)[C@H](O)[C@H]4NC(C)=O)[C@H](O[C@H]4O[C@H](CO)[C@@H](O[C@@H]5O[C@H](CO)[C@@H](O)[C@H](O)[C@H]5NC(C)=O)[C@H](O)[C@@H]4O[C@@H]4O[C@H](CO)[C@@H](O)[C@H](O)[C@H]4NC(C)=O)[C@@H]3O)[C@H](O)[C@H]2NC(C)=O)[C@@H](CO)O[C@H]1O. The summed E-state index contributed by atoms with van der Waals surface area (Å²) in [6.07, 6.45) is -108. The summed E-state index contributed by atoms with van der Waals surface area (Å²) < 4.78 is 130. The molecule has 0 aliphatic carbocycles. The molecule has 55 atom stereocenters. The van der Waals surface area contributed by atoms with Crippen molar-refractivity contribution in [2.24, 2.45) is 0 Å². The second-order valence-corrected chi connectivity index (χ2v) is 36.0. The lowest BCUT2D eigenvalue weighted by Gasteiger charge is -2.53. The fourth-order valence-corrected chi connectivity index (χ4v) is 18.5. The summed E-state index contributed by atoms with van der Waals surface area (Å²) in [6.45, 7) is -7.00. The Morgan fingerprint density at radius 3 is 0.769 bits per heavy atom. The number of nitrogens with one attached hydrogen (secondary N) is 7. The van der Waals surface area contributed by atoms with Crippen molar-refractivity contribution >= 4 is 41.4 Å². The third kappa shape index (κ3) is 26.9. The smallest absolute Gasteiger partial charge is 0.217 e. The Balaban J connectivity index is 1.09. The lowest BCUT2D eigenvalue weighted by atomic mass is 9.93. The predicted octanol–water partition coefficient (Wildman–Crippen LogP) is -24.0. The van der Waals surface area contributed by atoms with E-state index in [1.54, 1.807) is 0 Å². The van der Waals surface area contributed by atoms with Crippen LogP contribution in [0.1, 0.15) is 48.5 Å². The van der Waals surface area contributed by atoms with E-state index in [1.165, 1.54) is 0 Å². The Labute approximate surface area is 810 Å². The maximum atomic E-state index is 13.7. The Hall–Kier alpha value is -5.67. The van der Waals surface area contributed by atoms with Gasteiger partial charge < -0.3 is 280 Å². The third-order valence-corrected chi connectivity index (χ3v) is 25.8. The first kappa shape index (κ1) is 118. The second kappa shape index (κ2) is 51.9. The molecular weight excluding hydrogens is 1950 g/mol. The summed E-state index contributed by atoms with van der Waals surface area (Å²) in [4.78, 5) is 91.5. The van der Waals surface area contributed by atoms with E-state index >= 15 is 0 Å². The number of amides is 7. The molecule has 7 amide bonds. The molecule has 11 saturated heterocycles. The van der Waals surface area contributed by atoms with Crippen molar-refractivity contribution in [2.45, 2.75) is 386 Å². The van der Waals surface area contributed by atoms with E-state index in [4.69, 9.17) is 99.5 Å². The van der Waals surface area contributed by atoms with Gasteiger partial charge in [0.1, 0.15) is 268 Å². The average molecular weight is 2090 g/mol. The standard InChI is InChI=1S/C80H133N7O56/c1-19(97)81-37-54(114)62(31(13-93)125-70(37)122)136-75-42(86-24(6)102)55(115)64(33(15-95)131-75)139-78-61(121)67(141-80-69(143-74-41(85-23(5)101)53(113)47(107)29(11-91)129-74)60(120)65(34(16-96)133-80)137-72-39(83-21(3)99)51(111)45(105)27(9-89)127-72)66(140-73-40(84-22(4)100)52(112)46(106)28(10-90)128-73)36(135-78)18-124-79-68(58(118)49(109)35(134-79)17-123-71-38(82-20(2)98)50(110)44(104)26(8-88)126-71)142-76-43(87-25(7)103)56(116)63(32(14-94)132-76)138-77-59(119)57(117)48(108)30(12-92)130-77/h26-80,88-96,104-122H,8-18H2,1-7H3,(H,81,97)(H,82,98)(H,83,99)(H,84,100)(H,85,101)(H,86,102)(H,87,103)/t26-,27-,28-,29-,30-,31-,32-,33-,34-,35-,36-,37-,38-,39-,40-,41-,42-,43-,44-,45-,46-,47-,48+,49-,50-,51-,52-,53-,54-,55-,56-,57+,58+,59-,60+,61+,62-,63-,64-,65-,66-,67-,68+,69+,70-,71-,72+,73+,74+,75+,76+,77+,78+,79+,80-/m1/s1. The normalized spacial score (nSPS) is 47.3. The molecule has 0 bridgehead atoms. The number of carbonyl (C=O) groups is 7. The molecule has 11 aliphatic heterocycles. The zero-order valence-corrected chi connectivity index (χ0v) is 77.5. The molecule has 35 N–H and O–H groups in total. The van der Waals surface area contributed by atoms with E-state index in [2.05, 4.69) is 37.2 Å². The van der Waals surface area contributed by atoms with Crippen LogP contribution in [-0.2, 0) is 133 Å². The van der Waals surface area contributed by atoms with Crippen molar-refractivity contribution in [1.82, 2.24) is 37.2 Å². The molecule has 63 nitrogen and oxygen atoms in total. The minimum Gasteiger partial charge on any atom is -0.394 e. The molecule has 0 aromatic heterocycles. The monoisotopic (exact) mass is 2090 g/mol.